The zero-order valence-electron chi connectivity index (χ0n) is 10.3. The molecule has 1 aliphatic heterocycles. The third-order valence-corrected chi connectivity index (χ3v) is 3.74. The molecule has 0 bridgehead atoms. The van der Waals surface area contributed by atoms with Gasteiger partial charge >= 0.3 is 0 Å². The highest BCUT2D eigenvalue weighted by Gasteiger charge is 2.20. The van der Waals surface area contributed by atoms with Gasteiger partial charge in [0.15, 0.2) is 6.10 Å². The van der Waals surface area contributed by atoms with Crippen molar-refractivity contribution in [2.24, 2.45) is 5.73 Å². The predicted octanol–water partition coefficient (Wildman–Crippen LogP) is 2.20. The number of morpholine rings is 1. The first-order chi connectivity index (χ1) is 8.61. The minimum Gasteiger partial charge on any atom is -0.365 e. The molecule has 0 saturated carbocycles. The van der Waals surface area contributed by atoms with Gasteiger partial charge in [0.1, 0.15) is 0 Å². The molecule has 0 aromatic heterocycles. The summed E-state index contributed by atoms with van der Waals surface area (Å²) in [6.07, 6.45) is -0.342. The molecule has 2 N–H and O–H groups in total. The average molecular weight is 310 g/mol. The predicted molar refractivity (Wildman–Crippen MR) is 74.3 cm³/mol. The number of nitrogens with two attached hydrogens (primary N) is 1. The molecule has 5 heteroatoms. The van der Waals surface area contributed by atoms with Crippen molar-refractivity contribution in [3.8, 4) is 6.07 Å². The van der Waals surface area contributed by atoms with Crippen LogP contribution in [-0.4, -0.2) is 25.8 Å². The van der Waals surface area contributed by atoms with Crippen molar-refractivity contribution in [3.63, 3.8) is 0 Å². The zero-order valence-corrected chi connectivity index (χ0v) is 11.9. The number of benzene rings is 1. The standard InChI is InChI=1S/C13H16BrN3O/c1-9(16)12-3-2-10(6-13(12)14)17-4-5-18-11(7-15)8-17/h2-3,6,9,11H,4-5,8,16H2,1H3. The van der Waals surface area contributed by atoms with Crippen LogP contribution in [0, 0.1) is 11.3 Å². The highest BCUT2D eigenvalue weighted by atomic mass is 79.9. The Morgan fingerprint density at radius 3 is 3.00 bits per heavy atom. The summed E-state index contributed by atoms with van der Waals surface area (Å²) in [5.74, 6) is 0. The highest BCUT2D eigenvalue weighted by molar-refractivity contribution is 9.10. The van der Waals surface area contributed by atoms with Gasteiger partial charge < -0.3 is 15.4 Å². The molecule has 2 unspecified atom stereocenters. The molecule has 18 heavy (non-hydrogen) atoms. The molecular weight excluding hydrogens is 294 g/mol. The summed E-state index contributed by atoms with van der Waals surface area (Å²) in [6, 6.07) is 8.28. The van der Waals surface area contributed by atoms with Crippen molar-refractivity contribution in [2.45, 2.75) is 19.1 Å². The van der Waals surface area contributed by atoms with E-state index in [0.29, 0.717) is 13.2 Å². The van der Waals surface area contributed by atoms with Gasteiger partial charge in [0.2, 0.25) is 0 Å². The number of ether oxygens (including phenoxy) is 1. The van der Waals surface area contributed by atoms with E-state index in [4.69, 9.17) is 15.7 Å². The van der Waals surface area contributed by atoms with E-state index in [9.17, 15) is 0 Å². The number of rotatable bonds is 2. The Morgan fingerprint density at radius 1 is 1.61 bits per heavy atom. The smallest absolute Gasteiger partial charge is 0.161 e. The Morgan fingerprint density at radius 2 is 2.39 bits per heavy atom. The molecule has 0 amide bonds. The minimum absolute atomic E-state index is 0.00460. The summed E-state index contributed by atoms with van der Waals surface area (Å²) in [7, 11) is 0. The van der Waals surface area contributed by atoms with Gasteiger partial charge in [0.05, 0.1) is 19.2 Å². The SMILES string of the molecule is CC(N)c1ccc(N2CCOC(C#N)C2)cc1Br. The van der Waals surface area contributed by atoms with Crippen molar-refractivity contribution in [3.05, 3.63) is 28.2 Å². The lowest BCUT2D eigenvalue weighted by atomic mass is 10.1. The van der Waals surface area contributed by atoms with Gasteiger partial charge in [-0.05, 0) is 24.6 Å². The topological polar surface area (TPSA) is 62.3 Å². The lowest BCUT2D eigenvalue weighted by Crippen LogP contribution is -2.41. The largest absolute Gasteiger partial charge is 0.365 e. The van der Waals surface area contributed by atoms with Crippen LogP contribution < -0.4 is 10.6 Å². The molecular formula is C13H16BrN3O. The van der Waals surface area contributed by atoms with Gasteiger partial charge in [-0.25, -0.2) is 0 Å². The summed E-state index contributed by atoms with van der Waals surface area (Å²) in [6.45, 7) is 3.97. The van der Waals surface area contributed by atoms with Gasteiger partial charge in [-0.15, -0.1) is 0 Å². The van der Waals surface area contributed by atoms with E-state index < -0.39 is 0 Å². The number of hydrogen-bond acceptors (Lipinski definition) is 4. The van der Waals surface area contributed by atoms with E-state index in [-0.39, 0.29) is 12.1 Å². The minimum atomic E-state index is -0.342. The Kier molecular flexibility index (Phi) is 4.23. The normalized spacial score (nSPS) is 21.4. The molecule has 2 atom stereocenters. The van der Waals surface area contributed by atoms with Crippen LogP contribution in [0.25, 0.3) is 0 Å². The van der Waals surface area contributed by atoms with Crippen molar-refractivity contribution in [1.82, 2.24) is 0 Å². The number of nitriles is 1. The highest BCUT2D eigenvalue weighted by Crippen LogP contribution is 2.28. The van der Waals surface area contributed by atoms with Gasteiger partial charge in [-0.3, -0.25) is 0 Å². The van der Waals surface area contributed by atoms with Crippen molar-refractivity contribution < 1.29 is 4.74 Å². The fraction of sp³-hybridized carbons (Fsp3) is 0.462. The van der Waals surface area contributed by atoms with Crippen LogP contribution in [0.3, 0.4) is 0 Å². The molecule has 0 aliphatic carbocycles. The maximum Gasteiger partial charge on any atom is 0.161 e. The Bertz CT molecular complexity index is 470. The summed E-state index contributed by atoms with van der Waals surface area (Å²) in [4.78, 5) is 2.16. The maximum absolute atomic E-state index is 8.90. The first-order valence-electron chi connectivity index (χ1n) is 5.93. The van der Waals surface area contributed by atoms with Gasteiger partial charge in [-0.2, -0.15) is 5.26 Å². The second-order valence-corrected chi connectivity index (χ2v) is 5.28. The fourth-order valence-corrected chi connectivity index (χ4v) is 2.77. The van der Waals surface area contributed by atoms with E-state index in [1.165, 1.54) is 0 Å². The molecule has 96 valence electrons. The van der Waals surface area contributed by atoms with E-state index in [1.54, 1.807) is 0 Å². The maximum atomic E-state index is 8.90. The van der Waals surface area contributed by atoms with Gasteiger partial charge in [-0.1, -0.05) is 22.0 Å². The number of anilines is 1. The molecule has 1 saturated heterocycles. The number of nitrogens with zero attached hydrogens (tertiary/aromatic N) is 2. The monoisotopic (exact) mass is 309 g/mol. The Balaban J connectivity index is 2.19. The van der Waals surface area contributed by atoms with Gasteiger partial charge in [0.25, 0.3) is 0 Å². The lowest BCUT2D eigenvalue weighted by molar-refractivity contribution is 0.0764. The fourth-order valence-electron chi connectivity index (χ4n) is 2.04. The van der Waals surface area contributed by atoms with Gasteiger partial charge in [0, 0.05) is 22.7 Å². The number of halogens is 1. The second-order valence-electron chi connectivity index (χ2n) is 4.43. The molecule has 0 spiro atoms. The third kappa shape index (κ3) is 2.83. The molecule has 1 aliphatic rings. The van der Waals surface area contributed by atoms with E-state index in [1.807, 2.05) is 19.1 Å². The summed E-state index contributed by atoms with van der Waals surface area (Å²) < 4.78 is 6.35. The van der Waals surface area contributed by atoms with E-state index in [2.05, 4.69) is 33.0 Å². The van der Waals surface area contributed by atoms with Crippen molar-refractivity contribution in [1.29, 1.82) is 5.26 Å². The average Bonchev–Trinajstić information content (AvgIpc) is 2.38. The van der Waals surface area contributed by atoms with E-state index in [0.717, 1.165) is 22.3 Å². The van der Waals surface area contributed by atoms with Crippen LogP contribution in [0.15, 0.2) is 22.7 Å². The Labute approximate surface area is 115 Å². The molecule has 1 aromatic rings. The third-order valence-electron chi connectivity index (χ3n) is 3.05. The van der Waals surface area contributed by atoms with Crippen LogP contribution in [0.5, 0.6) is 0 Å². The summed E-state index contributed by atoms with van der Waals surface area (Å²) in [5.41, 5.74) is 8.06. The van der Waals surface area contributed by atoms with Crippen LogP contribution in [0.2, 0.25) is 0 Å². The second kappa shape index (κ2) is 5.70. The van der Waals surface area contributed by atoms with E-state index >= 15 is 0 Å². The molecule has 1 heterocycles. The summed E-state index contributed by atoms with van der Waals surface area (Å²) in [5, 5.41) is 8.90. The molecule has 1 aromatic carbocycles. The summed E-state index contributed by atoms with van der Waals surface area (Å²) >= 11 is 3.54. The van der Waals surface area contributed by atoms with Crippen LogP contribution in [0.1, 0.15) is 18.5 Å². The first kappa shape index (κ1) is 13.3. The number of hydrogen-bond donors (Lipinski definition) is 1. The Hall–Kier alpha value is -1.09. The lowest BCUT2D eigenvalue weighted by Gasteiger charge is -2.32. The molecule has 4 nitrogen and oxygen atoms in total. The van der Waals surface area contributed by atoms with Crippen LogP contribution in [-0.2, 0) is 4.74 Å². The van der Waals surface area contributed by atoms with Crippen LogP contribution in [0.4, 0.5) is 5.69 Å². The molecule has 0 radical (unpaired) electrons. The molecule has 1 fully saturated rings. The zero-order chi connectivity index (χ0) is 13.1. The first-order valence-corrected chi connectivity index (χ1v) is 6.72. The van der Waals surface area contributed by atoms with Crippen LogP contribution >= 0.6 is 15.9 Å². The molecule has 2 rings (SSSR count). The van der Waals surface area contributed by atoms with Crippen molar-refractivity contribution in [2.75, 3.05) is 24.6 Å². The quantitative estimate of drug-likeness (QED) is 0.909. The van der Waals surface area contributed by atoms with Crippen molar-refractivity contribution >= 4 is 21.6 Å².